The first-order chi connectivity index (χ1) is 9.26. The highest BCUT2D eigenvalue weighted by Crippen LogP contribution is 2.36. The predicted octanol–water partition coefficient (Wildman–Crippen LogP) is -1.38. The van der Waals surface area contributed by atoms with Crippen LogP contribution in [0.4, 0.5) is 5.82 Å². The number of aliphatic hydroxyl groups is 1. The number of hydrogen-bond donors (Lipinski definition) is 2. The normalized spacial score (nSPS) is 29.2. The van der Waals surface area contributed by atoms with Crippen molar-refractivity contribution in [2.45, 2.75) is 24.9 Å². The van der Waals surface area contributed by atoms with Crippen LogP contribution in [-0.4, -0.2) is 33.5 Å². The van der Waals surface area contributed by atoms with Crippen LogP contribution in [0.15, 0.2) is 17.1 Å². The van der Waals surface area contributed by atoms with E-state index < -0.39 is 29.8 Å². The summed E-state index contributed by atoms with van der Waals surface area (Å²) in [4.78, 5) is 26.3. The minimum atomic E-state index is -3.47. The van der Waals surface area contributed by atoms with Crippen LogP contribution in [0.25, 0.3) is 0 Å². The van der Waals surface area contributed by atoms with Crippen LogP contribution in [0.5, 0.6) is 0 Å². The molecule has 0 aromatic carbocycles. The van der Waals surface area contributed by atoms with E-state index in [0.29, 0.717) is 0 Å². The number of aliphatic hydroxyl groups excluding tert-OH is 1. The molecule has 4 atom stereocenters. The first-order valence-corrected chi connectivity index (χ1v) is 9.26. The molecule has 0 spiro atoms. The van der Waals surface area contributed by atoms with Crippen LogP contribution < -0.4 is 16.3 Å². The number of hydrogen-bond acceptors (Lipinski definition) is 9. The van der Waals surface area contributed by atoms with Gasteiger partial charge in [0, 0.05) is 12.6 Å². The van der Waals surface area contributed by atoms with E-state index in [-0.39, 0.29) is 18.8 Å². The van der Waals surface area contributed by atoms with Crippen molar-refractivity contribution in [3.05, 3.63) is 22.7 Å². The van der Waals surface area contributed by atoms with Gasteiger partial charge in [-0.05, 0) is 6.07 Å². The highest BCUT2D eigenvalue weighted by Gasteiger charge is 2.35. The molecule has 1 aliphatic rings. The third-order valence-electron chi connectivity index (χ3n) is 2.76. The number of anilines is 1. The van der Waals surface area contributed by atoms with Crippen molar-refractivity contribution in [3.8, 4) is 0 Å². The number of ether oxygens (including phenoxy) is 1. The van der Waals surface area contributed by atoms with E-state index in [9.17, 15) is 14.8 Å². The minimum absolute atomic E-state index is 0.0998. The van der Waals surface area contributed by atoms with Crippen LogP contribution in [-0.2, 0) is 33.3 Å². The Morgan fingerprint density at radius 3 is 3.10 bits per heavy atom. The van der Waals surface area contributed by atoms with Gasteiger partial charge in [0.2, 0.25) is 0 Å². The van der Waals surface area contributed by atoms with Crippen LogP contribution in [0, 0.1) is 0 Å². The molecule has 1 aliphatic heterocycles. The van der Waals surface area contributed by atoms with Crippen molar-refractivity contribution >= 4 is 35.6 Å². The Bertz CT molecular complexity index is 591. The maximum Gasteiger partial charge on any atom is 0.351 e. The number of nitrogens with two attached hydrogens (primary N) is 1. The van der Waals surface area contributed by atoms with Crippen LogP contribution in [0.3, 0.4) is 0 Å². The summed E-state index contributed by atoms with van der Waals surface area (Å²) in [5.41, 5.74) is 1.33. The van der Waals surface area contributed by atoms with Gasteiger partial charge in [-0.15, -0.1) is 17.5 Å². The Morgan fingerprint density at radius 2 is 2.50 bits per heavy atom. The van der Waals surface area contributed by atoms with Gasteiger partial charge in [-0.25, -0.2) is 4.79 Å². The Balaban J connectivity index is 2.06. The largest absolute Gasteiger partial charge is 0.819 e. The molecular weight excluding hydrogens is 325 g/mol. The van der Waals surface area contributed by atoms with E-state index >= 15 is 0 Å². The molecular formula is C9H12N3O5PS2-2. The predicted molar refractivity (Wildman–Crippen MR) is 75.0 cm³/mol. The van der Waals surface area contributed by atoms with Gasteiger partial charge in [0.05, 0.1) is 12.7 Å². The number of nitrogens with zero attached hydrogens (tertiary/aromatic N) is 2. The summed E-state index contributed by atoms with van der Waals surface area (Å²) in [6.07, 6.45) is -0.756. The average Bonchev–Trinajstić information content (AvgIpc) is 2.67. The summed E-state index contributed by atoms with van der Waals surface area (Å²) in [6, 6.07) is 1.45. The number of nitrogen functional groups attached to an aromatic ring is 1. The second kappa shape index (κ2) is 6.10. The van der Waals surface area contributed by atoms with E-state index in [2.05, 4.69) is 29.0 Å². The van der Waals surface area contributed by atoms with Crippen LogP contribution in [0.1, 0.15) is 12.6 Å². The first-order valence-electron chi connectivity index (χ1n) is 5.61. The highest BCUT2D eigenvalue weighted by molar-refractivity contribution is 8.50. The molecule has 3 N–H and O–H groups in total. The summed E-state index contributed by atoms with van der Waals surface area (Å²) >= 11 is 8.90. The molecule has 0 amide bonds. The Morgan fingerprint density at radius 1 is 1.80 bits per heavy atom. The molecule has 0 saturated carbocycles. The fraction of sp³-hybridized carbons (Fsp3) is 0.556. The van der Waals surface area contributed by atoms with Gasteiger partial charge in [0.25, 0.3) is 0 Å². The molecule has 20 heavy (non-hydrogen) atoms. The number of aromatic nitrogens is 2. The van der Waals surface area contributed by atoms with E-state index in [1.54, 1.807) is 0 Å². The molecule has 2 rings (SSSR count). The minimum Gasteiger partial charge on any atom is -0.819 e. The van der Waals surface area contributed by atoms with Crippen molar-refractivity contribution in [2.24, 2.45) is 0 Å². The van der Waals surface area contributed by atoms with Crippen molar-refractivity contribution in [2.75, 3.05) is 12.3 Å². The van der Waals surface area contributed by atoms with E-state index in [1.807, 2.05) is 0 Å². The van der Waals surface area contributed by atoms with Crippen LogP contribution >= 0.6 is 5.69 Å². The van der Waals surface area contributed by atoms with E-state index in [1.165, 1.54) is 16.8 Å². The van der Waals surface area contributed by atoms with Gasteiger partial charge in [0.15, 0.2) is 0 Å². The molecule has 1 unspecified atom stereocenters. The fourth-order valence-corrected chi connectivity index (χ4v) is 2.54. The Kier molecular flexibility index (Phi) is 4.85. The van der Waals surface area contributed by atoms with E-state index in [0.717, 1.165) is 0 Å². The molecule has 0 aliphatic carbocycles. The lowest BCUT2D eigenvalue weighted by molar-refractivity contribution is -0.178. The van der Waals surface area contributed by atoms with Crippen molar-refractivity contribution in [1.29, 1.82) is 0 Å². The summed E-state index contributed by atoms with van der Waals surface area (Å²) < 4.78 is 11.5. The molecule has 2 heterocycles. The molecule has 0 radical (unpaired) electrons. The SMILES string of the molecule is Nc1ccn([C@H]2C[C@H](O)[C@@H](COP([O-])(=S)[S-])O2)c(=O)n1. The summed E-state index contributed by atoms with van der Waals surface area (Å²) in [6.45, 7) is -0.195. The second-order valence-corrected chi connectivity index (χ2v) is 8.95. The second-order valence-electron chi connectivity index (χ2n) is 4.22. The summed E-state index contributed by atoms with van der Waals surface area (Å²) in [5.74, 6) is 0.0998. The highest BCUT2D eigenvalue weighted by atomic mass is 32.9. The van der Waals surface area contributed by atoms with Gasteiger partial charge in [0.1, 0.15) is 18.1 Å². The summed E-state index contributed by atoms with van der Waals surface area (Å²) in [5, 5.41) is 9.84. The standard InChI is InChI=1S/C9H14N3O5PS2/c10-7-1-2-12(9(14)11-7)8-3-5(13)6(17-8)4-16-18(15,19)20/h1-2,5-6,8,13H,3-4H2,(H2,10,11,14)(H2,15,19,20)/p-2/t5-,6+,8+/m0/s1. The van der Waals surface area contributed by atoms with Crippen molar-refractivity contribution in [1.82, 2.24) is 9.55 Å². The van der Waals surface area contributed by atoms with Gasteiger partial charge in [-0.3, -0.25) is 4.57 Å². The van der Waals surface area contributed by atoms with Gasteiger partial charge >= 0.3 is 5.69 Å². The monoisotopic (exact) mass is 337 g/mol. The maximum absolute atomic E-state index is 11.7. The molecule has 1 saturated heterocycles. The molecule has 112 valence electrons. The smallest absolute Gasteiger partial charge is 0.351 e. The van der Waals surface area contributed by atoms with Gasteiger partial charge in [-0.2, -0.15) is 4.98 Å². The molecule has 1 aromatic heterocycles. The van der Waals surface area contributed by atoms with Crippen molar-refractivity contribution < 1.29 is 19.3 Å². The Labute approximate surface area is 124 Å². The zero-order valence-corrected chi connectivity index (χ0v) is 12.6. The lowest BCUT2D eigenvalue weighted by Gasteiger charge is -2.36. The van der Waals surface area contributed by atoms with Gasteiger partial charge < -0.3 is 37.2 Å². The molecule has 11 heteroatoms. The Hall–Kier alpha value is -0.480. The van der Waals surface area contributed by atoms with Gasteiger partial charge in [-0.1, -0.05) is 0 Å². The summed E-state index contributed by atoms with van der Waals surface area (Å²) in [7, 11) is 0. The third-order valence-corrected chi connectivity index (χ3v) is 3.86. The molecule has 0 bridgehead atoms. The lowest BCUT2D eigenvalue weighted by Crippen LogP contribution is -2.28. The average molecular weight is 337 g/mol. The maximum atomic E-state index is 11.7. The molecule has 1 fully saturated rings. The zero-order chi connectivity index (χ0) is 14.9. The quantitative estimate of drug-likeness (QED) is 0.505. The van der Waals surface area contributed by atoms with Crippen molar-refractivity contribution in [3.63, 3.8) is 0 Å². The topological polar surface area (TPSA) is 123 Å². The first kappa shape index (κ1) is 15.9. The molecule has 1 aromatic rings. The fourth-order valence-electron chi connectivity index (χ4n) is 1.85. The third kappa shape index (κ3) is 4.01. The number of rotatable bonds is 4. The lowest BCUT2D eigenvalue weighted by atomic mass is 10.2. The molecule has 8 nitrogen and oxygen atoms in total. The van der Waals surface area contributed by atoms with Crippen LogP contribution in [0.2, 0.25) is 0 Å². The zero-order valence-electron chi connectivity index (χ0n) is 10.1. The van der Waals surface area contributed by atoms with E-state index in [4.69, 9.17) is 15.0 Å².